The number of carbonyl (C=O) groups is 2. The number of ether oxygens (including phenoxy) is 4. The summed E-state index contributed by atoms with van der Waals surface area (Å²) < 4.78 is 21.7. The van der Waals surface area contributed by atoms with Crippen molar-refractivity contribution in [3.63, 3.8) is 0 Å². The molecule has 10 heteroatoms. The van der Waals surface area contributed by atoms with Crippen molar-refractivity contribution < 1.29 is 28.5 Å². The molecule has 3 rings (SSSR count). The number of thioether (sulfide) groups is 1. The molecule has 1 aliphatic heterocycles. The van der Waals surface area contributed by atoms with E-state index in [0.29, 0.717) is 50.1 Å². The van der Waals surface area contributed by atoms with E-state index in [1.165, 1.54) is 26.2 Å². The summed E-state index contributed by atoms with van der Waals surface area (Å²) in [6, 6.07) is 10.5. The first kappa shape index (κ1) is 24.4. The van der Waals surface area contributed by atoms with E-state index in [1.807, 2.05) is 6.92 Å². The van der Waals surface area contributed by atoms with Crippen LogP contribution in [0.15, 0.2) is 41.3 Å². The smallest absolute Gasteiger partial charge is 0.266 e. The average Bonchev–Trinajstić information content (AvgIpc) is 3.07. The summed E-state index contributed by atoms with van der Waals surface area (Å²) in [7, 11) is 4.55. The average molecular weight is 489 g/mol. The molecule has 174 valence electrons. The maximum Gasteiger partial charge on any atom is 0.266 e. The van der Waals surface area contributed by atoms with Gasteiger partial charge < -0.3 is 24.3 Å². The van der Waals surface area contributed by atoms with Gasteiger partial charge in [0.15, 0.2) is 11.5 Å². The summed E-state index contributed by atoms with van der Waals surface area (Å²) in [5.74, 6) is 1.40. The molecule has 0 spiro atoms. The highest BCUT2D eigenvalue weighted by atomic mass is 32.2. The van der Waals surface area contributed by atoms with Crippen LogP contribution in [-0.4, -0.2) is 55.5 Å². The van der Waals surface area contributed by atoms with Gasteiger partial charge in [-0.25, -0.2) is 0 Å². The minimum Gasteiger partial charge on any atom is -0.494 e. The topological polar surface area (TPSA) is 86.3 Å². The van der Waals surface area contributed by atoms with Gasteiger partial charge in [-0.1, -0.05) is 24.0 Å². The summed E-state index contributed by atoms with van der Waals surface area (Å²) in [6.07, 6.45) is 1.67. The van der Waals surface area contributed by atoms with Crippen LogP contribution in [0.5, 0.6) is 23.0 Å². The van der Waals surface area contributed by atoms with Crippen molar-refractivity contribution in [1.82, 2.24) is 4.90 Å². The Labute approximate surface area is 201 Å². The molecule has 0 atom stereocenters. The molecule has 2 amide bonds. The fourth-order valence-electron chi connectivity index (χ4n) is 3.12. The molecule has 1 heterocycles. The van der Waals surface area contributed by atoms with Gasteiger partial charge in [-0.2, -0.15) is 0 Å². The standard InChI is InChI=1S/C23H24N2O6S2/c1-5-31-16-8-6-15(7-9-16)24-20(26)13-25-22(27)19(33-23(25)32)12-14-10-17(28-2)21(30-4)18(11-14)29-3/h6-12H,5,13H2,1-4H3,(H,24,26)/b19-12-. The van der Waals surface area contributed by atoms with Crippen LogP contribution in [0.4, 0.5) is 5.69 Å². The van der Waals surface area contributed by atoms with Gasteiger partial charge in [-0.05, 0) is 55.0 Å². The summed E-state index contributed by atoms with van der Waals surface area (Å²) in [5, 5.41) is 2.76. The predicted octanol–water partition coefficient (Wildman–Crippen LogP) is 3.95. The fourth-order valence-corrected chi connectivity index (χ4v) is 4.37. The monoisotopic (exact) mass is 488 g/mol. The molecule has 0 aromatic heterocycles. The fraction of sp³-hybridized carbons (Fsp3) is 0.261. The number of thiocarbonyl (C=S) groups is 1. The van der Waals surface area contributed by atoms with Gasteiger partial charge in [0.05, 0.1) is 32.8 Å². The van der Waals surface area contributed by atoms with Crippen molar-refractivity contribution in [3.8, 4) is 23.0 Å². The van der Waals surface area contributed by atoms with E-state index in [1.54, 1.807) is 42.5 Å². The zero-order chi connectivity index (χ0) is 24.0. The maximum absolute atomic E-state index is 12.9. The highest BCUT2D eigenvalue weighted by Gasteiger charge is 2.33. The zero-order valence-corrected chi connectivity index (χ0v) is 20.3. The third-order valence-corrected chi connectivity index (χ3v) is 5.99. The second-order valence-corrected chi connectivity index (χ2v) is 8.41. The van der Waals surface area contributed by atoms with Crippen LogP contribution in [0.1, 0.15) is 12.5 Å². The Hall–Kier alpha value is -3.24. The third kappa shape index (κ3) is 5.77. The lowest BCUT2D eigenvalue weighted by atomic mass is 10.1. The number of nitrogens with zero attached hydrogens (tertiary/aromatic N) is 1. The number of nitrogens with one attached hydrogen (secondary N) is 1. The second-order valence-electron chi connectivity index (χ2n) is 6.73. The molecule has 1 saturated heterocycles. The maximum atomic E-state index is 12.9. The lowest BCUT2D eigenvalue weighted by Gasteiger charge is -2.14. The number of carbonyl (C=O) groups excluding carboxylic acids is 2. The van der Waals surface area contributed by atoms with E-state index in [2.05, 4.69) is 5.32 Å². The molecule has 0 bridgehead atoms. The number of amides is 2. The highest BCUT2D eigenvalue weighted by Crippen LogP contribution is 2.40. The number of hydrogen-bond acceptors (Lipinski definition) is 8. The van der Waals surface area contributed by atoms with Crippen molar-refractivity contribution in [1.29, 1.82) is 0 Å². The molecular weight excluding hydrogens is 464 g/mol. The van der Waals surface area contributed by atoms with Crippen molar-refractivity contribution in [3.05, 3.63) is 46.9 Å². The minimum absolute atomic E-state index is 0.190. The first-order valence-corrected chi connectivity index (χ1v) is 11.2. The third-order valence-electron chi connectivity index (χ3n) is 4.61. The number of methoxy groups -OCH3 is 3. The van der Waals surface area contributed by atoms with E-state index in [4.69, 9.17) is 31.2 Å². The molecule has 1 fully saturated rings. The van der Waals surface area contributed by atoms with E-state index in [0.717, 1.165) is 11.8 Å². The molecule has 2 aromatic rings. The van der Waals surface area contributed by atoms with Crippen LogP contribution in [0, 0.1) is 0 Å². The van der Waals surface area contributed by atoms with Crippen molar-refractivity contribution in [2.75, 3.05) is 39.8 Å². The van der Waals surface area contributed by atoms with Gasteiger partial charge in [0.1, 0.15) is 16.6 Å². The van der Waals surface area contributed by atoms with Crippen molar-refractivity contribution in [2.24, 2.45) is 0 Å². The van der Waals surface area contributed by atoms with Crippen LogP contribution in [0.25, 0.3) is 6.08 Å². The Morgan fingerprint density at radius 1 is 1.09 bits per heavy atom. The lowest BCUT2D eigenvalue weighted by molar-refractivity contribution is -0.126. The van der Waals surface area contributed by atoms with Crippen LogP contribution in [-0.2, 0) is 9.59 Å². The second kappa shape index (κ2) is 11.1. The first-order chi connectivity index (χ1) is 15.9. The van der Waals surface area contributed by atoms with Crippen molar-refractivity contribution >= 4 is 51.9 Å². The summed E-state index contributed by atoms with van der Waals surface area (Å²) >= 11 is 6.47. The molecule has 1 N–H and O–H groups in total. The molecule has 33 heavy (non-hydrogen) atoms. The Kier molecular flexibility index (Phi) is 8.18. The lowest BCUT2D eigenvalue weighted by Crippen LogP contribution is -2.36. The Bertz CT molecular complexity index is 1060. The molecule has 8 nitrogen and oxygen atoms in total. The van der Waals surface area contributed by atoms with Gasteiger partial charge in [0.25, 0.3) is 5.91 Å². The molecule has 2 aromatic carbocycles. The normalized spacial score (nSPS) is 14.4. The number of hydrogen-bond donors (Lipinski definition) is 1. The van der Waals surface area contributed by atoms with Gasteiger partial charge >= 0.3 is 0 Å². The highest BCUT2D eigenvalue weighted by molar-refractivity contribution is 8.26. The molecular formula is C23H24N2O6S2. The summed E-state index contributed by atoms with van der Waals surface area (Å²) in [4.78, 5) is 27.1. The number of anilines is 1. The van der Waals surface area contributed by atoms with Gasteiger partial charge in [0, 0.05) is 5.69 Å². The van der Waals surface area contributed by atoms with Gasteiger partial charge in [0.2, 0.25) is 11.7 Å². The van der Waals surface area contributed by atoms with E-state index in [-0.39, 0.29) is 18.4 Å². The molecule has 0 radical (unpaired) electrons. The van der Waals surface area contributed by atoms with Crippen LogP contribution in [0.3, 0.4) is 0 Å². The molecule has 0 unspecified atom stereocenters. The van der Waals surface area contributed by atoms with E-state index < -0.39 is 0 Å². The number of benzene rings is 2. The minimum atomic E-state index is -0.357. The van der Waals surface area contributed by atoms with Crippen LogP contribution < -0.4 is 24.3 Å². The molecule has 0 aliphatic carbocycles. The molecule has 0 saturated carbocycles. The SMILES string of the molecule is CCOc1ccc(NC(=O)CN2C(=O)/C(=C/c3cc(OC)c(OC)c(OC)c3)SC2=S)cc1. The molecule has 1 aliphatic rings. The summed E-state index contributed by atoms with van der Waals surface area (Å²) in [5.41, 5.74) is 1.27. The van der Waals surface area contributed by atoms with E-state index in [9.17, 15) is 9.59 Å². The largest absolute Gasteiger partial charge is 0.494 e. The Morgan fingerprint density at radius 2 is 1.73 bits per heavy atom. The Balaban J connectivity index is 1.72. The number of rotatable bonds is 9. The summed E-state index contributed by atoms with van der Waals surface area (Å²) in [6.45, 7) is 2.27. The first-order valence-electron chi connectivity index (χ1n) is 9.98. The van der Waals surface area contributed by atoms with Crippen LogP contribution >= 0.6 is 24.0 Å². The van der Waals surface area contributed by atoms with Gasteiger partial charge in [-0.3, -0.25) is 14.5 Å². The predicted molar refractivity (Wildman–Crippen MR) is 132 cm³/mol. The Morgan fingerprint density at radius 3 is 2.27 bits per heavy atom. The van der Waals surface area contributed by atoms with E-state index >= 15 is 0 Å². The van der Waals surface area contributed by atoms with Gasteiger partial charge in [-0.15, -0.1) is 0 Å². The van der Waals surface area contributed by atoms with Crippen molar-refractivity contribution in [2.45, 2.75) is 6.92 Å². The van der Waals surface area contributed by atoms with Crippen LogP contribution in [0.2, 0.25) is 0 Å². The quantitative estimate of drug-likeness (QED) is 0.420. The zero-order valence-electron chi connectivity index (χ0n) is 18.7.